The van der Waals surface area contributed by atoms with Crippen LogP contribution in [0.4, 0.5) is 0 Å². The fraction of sp³-hybridized carbons (Fsp3) is 0.350. The molecule has 0 amide bonds. The summed E-state index contributed by atoms with van der Waals surface area (Å²) in [6.45, 7) is 5.50. The number of ether oxygens (including phenoxy) is 3. The molecule has 0 saturated carbocycles. The number of carbonyl (C=O) groups is 2. The maximum atomic E-state index is 12.6. The van der Waals surface area contributed by atoms with Gasteiger partial charge in [-0.15, -0.1) is 0 Å². The van der Waals surface area contributed by atoms with Crippen molar-refractivity contribution in [2.45, 2.75) is 26.8 Å². The van der Waals surface area contributed by atoms with Crippen molar-refractivity contribution in [1.29, 1.82) is 0 Å². The smallest absolute Gasteiger partial charge is 0.346 e. The maximum Gasteiger partial charge on any atom is 0.346 e. The van der Waals surface area contributed by atoms with Gasteiger partial charge in [0.05, 0.1) is 38.1 Å². The maximum absolute atomic E-state index is 12.6. The average Bonchev–Trinajstić information content (AvgIpc) is 3.03. The summed E-state index contributed by atoms with van der Waals surface area (Å²) in [5.74, 6) is -0.708. The van der Waals surface area contributed by atoms with E-state index in [1.807, 2.05) is 4.90 Å². The summed E-state index contributed by atoms with van der Waals surface area (Å²) in [6, 6.07) is 4.24. The van der Waals surface area contributed by atoms with E-state index in [4.69, 9.17) is 14.2 Å². The van der Waals surface area contributed by atoms with E-state index < -0.39 is 18.0 Å². The lowest BCUT2D eigenvalue weighted by molar-refractivity contribution is -0.138. The molecule has 0 fully saturated rings. The number of fused-ring (bicyclic) bond motifs is 1. The molecule has 2 aliphatic rings. The van der Waals surface area contributed by atoms with E-state index in [-0.39, 0.29) is 18.1 Å². The molecule has 0 spiro atoms. The van der Waals surface area contributed by atoms with Gasteiger partial charge in [0.15, 0.2) is 16.7 Å². The van der Waals surface area contributed by atoms with E-state index in [1.54, 1.807) is 32.9 Å². The topological polar surface area (TPSA) is 97.7 Å². The number of aliphatic imine (C=N–C) groups is 1. The Bertz CT molecular complexity index is 966. The Labute approximate surface area is 172 Å². The predicted octanol–water partition coefficient (Wildman–Crippen LogP) is 3.10. The van der Waals surface area contributed by atoms with Gasteiger partial charge in [0, 0.05) is 5.70 Å². The number of phenols is 1. The van der Waals surface area contributed by atoms with Gasteiger partial charge in [0.1, 0.15) is 4.91 Å². The number of thioether (sulfide) groups is 1. The Morgan fingerprint density at radius 3 is 2.59 bits per heavy atom. The first kappa shape index (κ1) is 20.8. The molecule has 154 valence electrons. The zero-order chi connectivity index (χ0) is 21.3. The second-order valence-corrected chi connectivity index (χ2v) is 7.30. The van der Waals surface area contributed by atoms with Crippen LogP contribution >= 0.6 is 11.8 Å². The number of hydrogen-bond acceptors (Lipinski definition) is 9. The predicted molar refractivity (Wildman–Crippen MR) is 108 cm³/mol. The van der Waals surface area contributed by atoms with Crippen molar-refractivity contribution in [3.8, 4) is 11.5 Å². The highest BCUT2D eigenvalue weighted by atomic mass is 32.2. The first-order valence-corrected chi connectivity index (χ1v) is 9.75. The van der Waals surface area contributed by atoms with Crippen molar-refractivity contribution in [2.75, 3.05) is 20.8 Å². The van der Waals surface area contributed by atoms with Crippen LogP contribution in [-0.2, 0) is 19.1 Å². The van der Waals surface area contributed by atoms with Crippen molar-refractivity contribution in [3.05, 3.63) is 45.6 Å². The molecule has 3 rings (SSSR count). The fourth-order valence-electron chi connectivity index (χ4n) is 3.31. The Morgan fingerprint density at radius 1 is 1.24 bits per heavy atom. The zero-order valence-corrected chi connectivity index (χ0v) is 17.6. The third-order valence-corrected chi connectivity index (χ3v) is 5.80. The third-order valence-electron chi connectivity index (χ3n) is 4.66. The van der Waals surface area contributed by atoms with Crippen LogP contribution in [0.2, 0.25) is 0 Å². The fourth-order valence-corrected chi connectivity index (χ4v) is 4.41. The second kappa shape index (κ2) is 8.20. The van der Waals surface area contributed by atoms with E-state index in [1.165, 1.54) is 32.0 Å². The van der Waals surface area contributed by atoms with Crippen molar-refractivity contribution in [3.63, 3.8) is 0 Å². The van der Waals surface area contributed by atoms with Crippen LogP contribution < -0.4 is 4.74 Å². The lowest BCUT2D eigenvalue weighted by Gasteiger charge is -2.35. The Kier molecular flexibility index (Phi) is 5.88. The first-order valence-electron chi connectivity index (χ1n) is 8.93. The molecule has 0 bridgehead atoms. The number of esters is 2. The molecule has 0 radical (unpaired) electrons. The molecule has 2 aliphatic heterocycles. The standard InChI is InChI=1S/C20H22N2O6S/c1-6-28-19(25)17-11(3)22-16(12-7-8-13(23)14(9-12)26-4)15(18(24)27-5)10(2)21-20(22)29-17/h7-9,16,23H,6H2,1-5H3. The average molecular weight is 418 g/mol. The summed E-state index contributed by atoms with van der Waals surface area (Å²) in [5, 5.41) is 10.5. The van der Waals surface area contributed by atoms with Gasteiger partial charge in [-0.2, -0.15) is 0 Å². The van der Waals surface area contributed by atoms with Gasteiger partial charge in [0.2, 0.25) is 0 Å². The van der Waals surface area contributed by atoms with Crippen molar-refractivity contribution >= 4 is 28.9 Å². The SMILES string of the molecule is CCOC(=O)C1=C(C)N2C(=NC(C)=C(C(=O)OC)C2c2ccc(O)c(OC)c2)S1. The van der Waals surface area contributed by atoms with Crippen LogP contribution in [0.1, 0.15) is 32.4 Å². The summed E-state index contributed by atoms with van der Waals surface area (Å²) < 4.78 is 15.4. The molecule has 1 aromatic carbocycles. The highest BCUT2D eigenvalue weighted by Crippen LogP contribution is 2.48. The van der Waals surface area contributed by atoms with E-state index >= 15 is 0 Å². The molecule has 0 aromatic heterocycles. The minimum atomic E-state index is -0.608. The van der Waals surface area contributed by atoms with Gasteiger partial charge >= 0.3 is 11.9 Å². The highest BCUT2D eigenvalue weighted by Gasteiger charge is 2.43. The number of nitrogens with zero attached hydrogens (tertiary/aromatic N) is 2. The summed E-state index contributed by atoms with van der Waals surface area (Å²) in [5.41, 5.74) is 2.13. The van der Waals surface area contributed by atoms with Crippen LogP contribution in [-0.4, -0.2) is 47.9 Å². The minimum Gasteiger partial charge on any atom is -0.504 e. The van der Waals surface area contributed by atoms with Crippen LogP contribution in [0.15, 0.2) is 45.1 Å². The Morgan fingerprint density at radius 2 is 1.97 bits per heavy atom. The number of aromatic hydroxyl groups is 1. The number of amidine groups is 1. The highest BCUT2D eigenvalue weighted by molar-refractivity contribution is 8.18. The number of rotatable bonds is 5. The quantitative estimate of drug-likeness (QED) is 0.729. The van der Waals surface area contributed by atoms with E-state index in [9.17, 15) is 14.7 Å². The van der Waals surface area contributed by atoms with Gasteiger partial charge in [-0.3, -0.25) is 0 Å². The molecule has 1 N–H and O–H groups in total. The molecular formula is C20H22N2O6S. The van der Waals surface area contributed by atoms with Gasteiger partial charge in [0.25, 0.3) is 0 Å². The van der Waals surface area contributed by atoms with Gasteiger partial charge < -0.3 is 24.2 Å². The summed E-state index contributed by atoms with van der Waals surface area (Å²) in [4.78, 5) is 31.8. The normalized spacial score (nSPS) is 18.4. The number of phenolic OH excluding ortho intramolecular Hbond substituents is 1. The Hall–Kier alpha value is -2.94. The van der Waals surface area contributed by atoms with E-state index in [2.05, 4.69) is 4.99 Å². The van der Waals surface area contributed by atoms with Crippen LogP contribution in [0.25, 0.3) is 0 Å². The van der Waals surface area contributed by atoms with Crippen molar-refractivity contribution < 1.29 is 28.9 Å². The Balaban J connectivity index is 2.19. The summed E-state index contributed by atoms with van der Waals surface area (Å²) in [6.07, 6.45) is 0. The van der Waals surface area contributed by atoms with Crippen LogP contribution in [0.3, 0.4) is 0 Å². The molecule has 0 aliphatic carbocycles. The molecular weight excluding hydrogens is 396 g/mol. The lowest BCUT2D eigenvalue weighted by Crippen LogP contribution is -2.36. The van der Waals surface area contributed by atoms with E-state index in [0.29, 0.717) is 32.6 Å². The van der Waals surface area contributed by atoms with Gasteiger partial charge in [-0.25, -0.2) is 14.6 Å². The summed E-state index contributed by atoms with van der Waals surface area (Å²) >= 11 is 1.20. The van der Waals surface area contributed by atoms with Gasteiger partial charge in [-0.1, -0.05) is 6.07 Å². The lowest BCUT2D eigenvalue weighted by atomic mass is 9.93. The molecule has 9 heteroatoms. The molecule has 1 aromatic rings. The van der Waals surface area contributed by atoms with Gasteiger partial charge in [-0.05, 0) is 50.2 Å². The molecule has 1 atom stereocenters. The zero-order valence-electron chi connectivity index (χ0n) is 16.8. The van der Waals surface area contributed by atoms with Crippen molar-refractivity contribution in [2.24, 2.45) is 4.99 Å². The minimum absolute atomic E-state index is 0.0171. The number of benzene rings is 1. The molecule has 29 heavy (non-hydrogen) atoms. The summed E-state index contributed by atoms with van der Waals surface area (Å²) in [7, 11) is 2.76. The van der Waals surface area contributed by atoms with Crippen molar-refractivity contribution in [1.82, 2.24) is 4.90 Å². The monoisotopic (exact) mass is 418 g/mol. The molecule has 8 nitrogen and oxygen atoms in total. The van der Waals surface area contributed by atoms with Crippen LogP contribution in [0.5, 0.6) is 11.5 Å². The molecule has 2 heterocycles. The molecule has 1 unspecified atom stereocenters. The second-order valence-electron chi connectivity index (χ2n) is 6.33. The first-order chi connectivity index (χ1) is 13.8. The largest absolute Gasteiger partial charge is 0.504 e. The number of allylic oxidation sites excluding steroid dienone is 2. The number of hydrogen-bond donors (Lipinski definition) is 1. The number of methoxy groups -OCH3 is 2. The number of carbonyl (C=O) groups excluding carboxylic acids is 2. The van der Waals surface area contributed by atoms with Crippen LogP contribution in [0, 0.1) is 0 Å². The van der Waals surface area contributed by atoms with E-state index in [0.717, 1.165) is 0 Å². The third kappa shape index (κ3) is 3.57. The molecule has 0 saturated heterocycles.